The summed E-state index contributed by atoms with van der Waals surface area (Å²) in [4.78, 5) is 4.09. The quantitative estimate of drug-likeness (QED) is 0.804. The summed E-state index contributed by atoms with van der Waals surface area (Å²) in [6.45, 7) is 4.84. The molecule has 1 aliphatic heterocycles. The molecule has 3 unspecified atom stereocenters. The summed E-state index contributed by atoms with van der Waals surface area (Å²) in [7, 11) is 0. The second-order valence-corrected chi connectivity index (χ2v) is 4.34. The van der Waals surface area contributed by atoms with Crippen LogP contribution in [0.4, 0.5) is 0 Å². The Morgan fingerprint density at radius 2 is 2.33 bits per heavy atom. The molecule has 0 amide bonds. The third-order valence-corrected chi connectivity index (χ3v) is 2.99. The van der Waals surface area contributed by atoms with Gasteiger partial charge in [0.05, 0.1) is 6.10 Å². The minimum atomic E-state index is -0.546. The van der Waals surface area contributed by atoms with Crippen LogP contribution >= 0.6 is 0 Å². The molecule has 82 valence electrons. The van der Waals surface area contributed by atoms with Crippen molar-refractivity contribution >= 4 is 0 Å². The van der Waals surface area contributed by atoms with Gasteiger partial charge in [-0.05, 0) is 24.8 Å². The van der Waals surface area contributed by atoms with Gasteiger partial charge in [-0.1, -0.05) is 13.0 Å². The first-order chi connectivity index (χ1) is 7.18. The standard InChI is InChI=1S/C12H17NO2/c1-8-5-10(7-13-6-8)11(14)12-9(2)3-4-15-12/h5-7,9,11-12,14H,3-4H2,1-2H3. The lowest BCUT2D eigenvalue weighted by atomic mass is 9.95. The topological polar surface area (TPSA) is 42.4 Å². The third-order valence-electron chi connectivity index (χ3n) is 2.99. The van der Waals surface area contributed by atoms with Gasteiger partial charge in [0.2, 0.25) is 0 Å². The van der Waals surface area contributed by atoms with E-state index in [1.165, 1.54) is 0 Å². The summed E-state index contributed by atoms with van der Waals surface area (Å²) in [6, 6.07) is 1.96. The zero-order valence-electron chi connectivity index (χ0n) is 9.18. The fourth-order valence-corrected chi connectivity index (χ4v) is 2.05. The average Bonchev–Trinajstić information content (AvgIpc) is 2.63. The van der Waals surface area contributed by atoms with Gasteiger partial charge in [0, 0.05) is 24.6 Å². The van der Waals surface area contributed by atoms with E-state index in [4.69, 9.17) is 4.74 Å². The Bertz CT molecular complexity index is 340. The molecule has 0 saturated carbocycles. The van der Waals surface area contributed by atoms with Gasteiger partial charge in [0.25, 0.3) is 0 Å². The summed E-state index contributed by atoms with van der Waals surface area (Å²) in [5.41, 5.74) is 1.92. The molecule has 1 fully saturated rings. The largest absolute Gasteiger partial charge is 0.386 e. The Labute approximate surface area is 90.1 Å². The van der Waals surface area contributed by atoms with Crippen molar-refractivity contribution in [2.45, 2.75) is 32.5 Å². The maximum Gasteiger partial charge on any atom is 0.107 e. The van der Waals surface area contributed by atoms with Gasteiger partial charge in [-0.3, -0.25) is 4.98 Å². The van der Waals surface area contributed by atoms with E-state index >= 15 is 0 Å². The van der Waals surface area contributed by atoms with Crippen molar-refractivity contribution in [3.63, 3.8) is 0 Å². The van der Waals surface area contributed by atoms with E-state index in [0.717, 1.165) is 24.2 Å². The molecule has 1 aromatic rings. The monoisotopic (exact) mass is 207 g/mol. The van der Waals surface area contributed by atoms with Crippen LogP contribution in [-0.2, 0) is 4.74 Å². The summed E-state index contributed by atoms with van der Waals surface area (Å²) in [5.74, 6) is 0.417. The molecule has 1 N–H and O–H groups in total. The van der Waals surface area contributed by atoms with Crippen LogP contribution in [0.15, 0.2) is 18.5 Å². The number of aliphatic hydroxyl groups excluding tert-OH is 1. The molecule has 2 rings (SSSR count). The van der Waals surface area contributed by atoms with Gasteiger partial charge in [0.15, 0.2) is 0 Å². The van der Waals surface area contributed by atoms with Gasteiger partial charge >= 0.3 is 0 Å². The van der Waals surface area contributed by atoms with Crippen LogP contribution < -0.4 is 0 Å². The minimum absolute atomic E-state index is 0.0754. The lowest BCUT2D eigenvalue weighted by Crippen LogP contribution is -2.23. The molecule has 1 saturated heterocycles. The molecule has 1 aliphatic rings. The summed E-state index contributed by atoms with van der Waals surface area (Å²) in [5, 5.41) is 10.2. The van der Waals surface area contributed by atoms with Crippen molar-refractivity contribution in [3.8, 4) is 0 Å². The van der Waals surface area contributed by atoms with Gasteiger partial charge in [-0.2, -0.15) is 0 Å². The van der Waals surface area contributed by atoms with Crippen LogP contribution in [-0.4, -0.2) is 22.8 Å². The van der Waals surface area contributed by atoms with Crippen molar-refractivity contribution in [3.05, 3.63) is 29.6 Å². The molecule has 2 heterocycles. The Hall–Kier alpha value is -0.930. The van der Waals surface area contributed by atoms with E-state index < -0.39 is 6.10 Å². The summed E-state index contributed by atoms with van der Waals surface area (Å²) in [6.07, 6.45) is 3.91. The van der Waals surface area contributed by atoms with Gasteiger partial charge in [-0.15, -0.1) is 0 Å². The normalized spacial score (nSPS) is 27.9. The Balaban J connectivity index is 2.16. The Morgan fingerprint density at radius 3 is 2.93 bits per heavy atom. The number of nitrogens with zero attached hydrogens (tertiary/aromatic N) is 1. The van der Waals surface area contributed by atoms with E-state index in [1.54, 1.807) is 12.4 Å². The van der Waals surface area contributed by atoms with E-state index in [0.29, 0.717) is 5.92 Å². The van der Waals surface area contributed by atoms with E-state index in [-0.39, 0.29) is 6.10 Å². The maximum atomic E-state index is 10.2. The van der Waals surface area contributed by atoms with Gasteiger partial charge < -0.3 is 9.84 Å². The van der Waals surface area contributed by atoms with Crippen LogP contribution in [0.5, 0.6) is 0 Å². The second-order valence-electron chi connectivity index (χ2n) is 4.34. The molecular formula is C12H17NO2. The van der Waals surface area contributed by atoms with Crippen LogP contribution in [0, 0.1) is 12.8 Å². The first-order valence-electron chi connectivity index (χ1n) is 5.39. The first kappa shape index (κ1) is 10.6. The first-order valence-corrected chi connectivity index (χ1v) is 5.39. The predicted molar refractivity (Wildman–Crippen MR) is 57.5 cm³/mol. The Morgan fingerprint density at radius 1 is 1.53 bits per heavy atom. The number of hydrogen-bond donors (Lipinski definition) is 1. The van der Waals surface area contributed by atoms with E-state index in [1.807, 2.05) is 13.0 Å². The highest BCUT2D eigenvalue weighted by Crippen LogP contribution is 2.30. The number of aryl methyl sites for hydroxylation is 1. The zero-order valence-corrected chi connectivity index (χ0v) is 9.18. The highest BCUT2D eigenvalue weighted by molar-refractivity contribution is 5.20. The predicted octanol–water partition coefficient (Wildman–Crippen LogP) is 1.85. The van der Waals surface area contributed by atoms with E-state index in [2.05, 4.69) is 11.9 Å². The highest BCUT2D eigenvalue weighted by Gasteiger charge is 2.31. The van der Waals surface area contributed by atoms with Crippen molar-refractivity contribution in [1.82, 2.24) is 4.98 Å². The number of aliphatic hydroxyl groups is 1. The second kappa shape index (κ2) is 4.29. The summed E-state index contributed by atoms with van der Waals surface area (Å²) < 4.78 is 5.54. The third kappa shape index (κ3) is 2.19. The number of pyridine rings is 1. The number of aromatic nitrogens is 1. The zero-order chi connectivity index (χ0) is 10.8. The van der Waals surface area contributed by atoms with Crippen LogP contribution in [0.3, 0.4) is 0 Å². The number of ether oxygens (including phenoxy) is 1. The molecule has 0 aromatic carbocycles. The molecule has 0 radical (unpaired) electrons. The molecule has 1 aromatic heterocycles. The molecule has 15 heavy (non-hydrogen) atoms. The molecule has 0 aliphatic carbocycles. The van der Waals surface area contributed by atoms with Gasteiger partial charge in [-0.25, -0.2) is 0 Å². The van der Waals surface area contributed by atoms with E-state index in [9.17, 15) is 5.11 Å². The molecule has 0 spiro atoms. The fraction of sp³-hybridized carbons (Fsp3) is 0.583. The Kier molecular flexibility index (Phi) is 3.03. The highest BCUT2D eigenvalue weighted by atomic mass is 16.5. The van der Waals surface area contributed by atoms with Gasteiger partial charge in [0.1, 0.15) is 6.10 Å². The smallest absolute Gasteiger partial charge is 0.107 e. The number of hydrogen-bond acceptors (Lipinski definition) is 3. The molecule has 3 atom stereocenters. The number of rotatable bonds is 2. The summed E-state index contributed by atoms with van der Waals surface area (Å²) >= 11 is 0. The minimum Gasteiger partial charge on any atom is -0.386 e. The van der Waals surface area contributed by atoms with Crippen LogP contribution in [0.25, 0.3) is 0 Å². The lowest BCUT2D eigenvalue weighted by molar-refractivity contribution is -0.0179. The molecule has 3 heteroatoms. The van der Waals surface area contributed by atoms with Crippen molar-refractivity contribution < 1.29 is 9.84 Å². The van der Waals surface area contributed by atoms with Crippen LogP contribution in [0.1, 0.15) is 30.6 Å². The molecular weight excluding hydrogens is 190 g/mol. The lowest BCUT2D eigenvalue weighted by Gasteiger charge is -2.21. The maximum absolute atomic E-state index is 10.2. The SMILES string of the molecule is Cc1cncc(C(O)C2OCCC2C)c1. The van der Waals surface area contributed by atoms with Crippen molar-refractivity contribution in [2.24, 2.45) is 5.92 Å². The average molecular weight is 207 g/mol. The van der Waals surface area contributed by atoms with Crippen molar-refractivity contribution in [1.29, 1.82) is 0 Å². The molecule has 3 nitrogen and oxygen atoms in total. The fourth-order valence-electron chi connectivity index (χ4n) is 2.05. The van der Waals surface area contributed by atoms with Crippen LogP contribution in [0.2, 0.25) is 0 Å². The molecule has 0 bridgehead atoms. The van der Waals surface area contributed by atoms with Crippen molar-refractivity contribution in [2.75, 3.05) is 6.61 Å².